The maximum atomic E-state index is 11.5. The second-order valence-corrected chi connectivity index (χ2v) is 3.93. The summed E-state index contributed by atoms with van der Waals surface area (Å²) in [7, 11) is 1.22. The molecule has 2 N–H and O–H groups in total. The number of anilines is 1. The molecule has 0 heterocycles. The number of nitrogens with zero attached hydrogens (tertiary/aromatic N) is 1. The van der Waals surface area contributed by atoms with Crippen LogP contribution in [0.25, 0.3) is 0 Å². The summed E-state index contributed by atoms with van der Waals surface area (Å²) < 4.78 is 4.57. The van der Waals surface area contributed by atoms with Crippen molar-refractivity contribution < 1.29 is 14.5 Å². The monoisotopic (exact) mass is 236 g/mol. The number of hydrogen-bond donors (Lipinski definition) is 1. The number of methoxy groups -OCH3 is 1. The maximum Gasteiger partial charge on any atom is 0.340 e. The number of nitrogens with two attached hydrogens (primary N) is 1. The number of carbonyl (C=O) groups is 1. The fourth-order valence-corrected chi connectivity index (χ4v) is 2.23. The molecule has 17 heavy (non-hydrogen) atoms. The number of esters is 1. The number of nitrogen functional groups attached to an aromatic ring is 1. The lowest BCUT2D eigenvalue weighted by atomic mass is 10.0. The number of rotatable bonds is 2. The van der Waals surface area contributed by atoms with Crippen molar-refractivity contribution in [2.24, 2.45) is 0 Å². The molecule has 0 atom stereocenters. The number of nitro groups is 1. The zero-order valence-corrected chi connectivity index (χ0v) is 9.36. The zero-order chi connectivity index (χ0) is 12.6. The Hall–Kier alpha value is -2.11. The molecule has 0 bridgehead atoms. The number of hydrogen-bond acceptors (Lipinski definition) is 5. The highest BCUT2D eigenvalue weighted by Crippen LogP contribution is 2.37. The molecule has 0 aromatic heterocycles. The Bertz CT molecular complexity index is 511. The van der Waals surface area contributed by atoms with E-state index in [1.807, 2.05) is 0 Å². The fourth-order valence-electron chi connectivity index (χ4n) is 2.23. The quantitative estimate of drug-likeness (QED) is 0.363. The van der Waals surface area contributed by atoms with Gasteiger partial charge in [-0.15, -0.1) is 0 Å². The van der Waals surface area contributed by atoms with Crippen LogP contribution in [0.3, 0.4) is 0 Å². The van der Waals surface area contributed by atoms with E-state index in [0.29, 0.717) is 12.0 Å². The number of nitro benzene ring substituents is 1. The first-order valence-electron chi connectivity index (χ1n) is 5.23. The third-order valence-corrected chi connectivity index (χ3v) is 3.00. The van der Waals surface area contributed by atoms with Crippen molar-refractivity contribution in [3.8, 4) is 0 Å². The van der Waals surface area contributed by atoms with Crippen LogP contribution in [0.4, 0.5) is 11.4 Å². The van der Waals surface area contributed by atoms with Gasteiger partial charge < -0.3 is 10.5 Å². The molecule has 1 aromatic rings. The van der Waals surface area contributed by atoms with E-state index in [2.05, 4.69) is 4.74 Å². The zero-order valence-electron chi connectivity index (χ0n) is 9.36. The van der Waals surface area contributed by atoms with Crippen LogP contribution < -0.4 is 5.73 Å². The average Bonchev–Trinajstić information content (AvgIpc) is 2.73. The molecule has 1 aliphatic carbocycles. The van der Waals surface area contributed by atoms with Gasteiger partial charge in [0.05, 0.1) is 17.6 Å². The minimum atomic E-state index is -0.639. The lowest BCUT2D eigenvalue weighted by molar-refractivity contribution is -0.384. The van der Waals surface area contributed by atoms with Crippen molar-refractivity contribution in [3.05, 3.63) is 32.9 Å². The van der Waals surface area contributed by atoms with Gasteiger partial charge in [-0.2, -0.15) is 0 Å². The highest BCUT2D eigenvalue weighted by atomic mass is 16.6. The molecular formula is C11H12N2O4. The van der Waals surface area contributed by atoms with Crippen molar-refractivity contribution >= 4 is 17.3 Å². The molecule has 0 unspecified atom stereocenters. The van der Waals surface area contributed by atoms with Crippen LogP contribution in [0.1, 0.15) is 27.9 Å². The molecular weight excluding hydrogens is 224 g/mol. The molecule has 0 aliphatic heterocycles. The molecule has 0 fully saturated rings. The van der Waals surface area contributed by atoms with Gasteiger partial charge in [0.15, 0.2) is 0 Å². The number of benzene rings is 1. The van der Waals surface area contributed by atoms with Gasteiger partial charge in [-0.1, -0.05) is 0 Å². The summed E-state index contributed by atoms with van der Waals surface area (Å²) in [6.07, 6.45) is 2.22. The molecule has 0 saturated heterocycles. The van der Waals surface area contributed by atoms with Crippen molar-refractivity contribution in [2.75, 3.05) is 12.8 Å². The van der Waals surface area contributed by atoms with E-state index in [1.165, 1.54) is 7.11 Å². The number of fused-ring (bicyclic) bond motifs is 1. The van der Waals surface area contributed by atoms with E-state index in [0.717, 1.165) is 18.4 Å². The third kappa shape index (κ3) is 1.71. The molecule has 6 heteroatoms. The SMILES string of the molecule is COC(=O)c1cc2c(c([N+](=O)[O-])c1N)CCC2. The minimum Gasteiger partial charge on any atom is -0.465 e. The summed E-state index contributed by atoms with van der Waals surface area (Å²) in [6.45, 7) is 0. The van der Waals surface area contributed by atoms with E-state index < -0.39 is 10.9 Å². The topological polar surface area (TPSA) is 95.5 Å². The summed E-state index contributed by atoms with van der Waals surface area (Å²) >= 11 is 0. The second kappa shape index (κ2) is 4.04. The van der Waals surface area contributed by atoms with Crippen molar-refractivity contribution in [3.63, 3.8) is 0 Å². The Morgan fingerprint density at radius 3 is 2.82 bits per heavy atom. The van der Waals surface area contributed by atoms with Crippen LogP contribution >= 0.6 is 0 Å². The summed E-state index contributed by atoms with van der Waals surface area (Å²) in [5, 5.41) is 11.0. The van der Waals surface area contributed by atoms with Crippen molar-refractivity contribution in [1.82, 2.24) is 0 Å². The molecule has 0 spiro atoms. The average molecular weight is 236 g/mol. The van der Waals surface area contributed by atoms with Crippen LogP contribution in [-0.4, -0.2) is 18.0 Å². The highest BCUT2D eigenvalue weighted by Gasteiger charge is 2.29. The number of carbonyl (C=O) groups excluding carboxylic acids is 1. The second-order valence-electron chi connectivity index (χ2n) is 3.93. The van der Waals surface area contributed by atoms with Crippen LogP contribution in [0.5, 0.6) is 0 Å². The standard InChI is InChI=1S/C11H12N2O4/c1-17-11(14)8-5-6-3-2-4-7(6)10(9(8)12)13(15)16/h5H,2-4,12H2,1H3. The van der Waals surface area contributed by atoms with Crippen molar-refractivity contribution in [2.45, 2.75) is 19.3 Å². The normalized spacial score (nSPS) is 13.2. The van der Waals surface area contributed by atoms with Gasteiger partial charge in [-0.25, -0.2) is 4.79 Å². The van der Waals surface area contributed by atoms with Gasteiger partial charge in [0.1, 0.15) is 5.69 Å². The Labute approximate surface area is 97.5 Å². The van der Waals surface area contributed by atoms with Crippen LogP contribution in [0.15, 0.2) is 6.07 Å². The Kier molecular flexibility index (Phi) is 2.71. The maximum absolute atomic E-state index is 11.5. The molecule has 0 saturated carbocycles. The molecule has 1 aromatic carbocycles. The molecule has 0 amide bonds. The Balaban J connectivity index is 2.69. The van der Waals surface area contributed by atoms with E-state index in [1.54, 1.807) is 6.07 Å². The van der Waals surface area contributed by atoms with Crippen LogP contribution in [0, 0.1) is 10.1 Å². The fraction of sp³-hybridized carbons (Fsp3) is 0.364. The first-order chi connectivity index (χ1) is 8.06. The van der Waals surface area contributed by atoms with Crippen LogP contribution in [-0.2, 0) is 17.6 Å². The highest BCUT2D eigenvalue weighted by molar-refractivity contribution is 5.98. The van der Waals surface area contributed by atoms with E-state index in [9.17, 15) is 14.9 Å². The lowest BCUT2D eigenvalue weighted by Crippen LogP contribution is -2.10. The Morgan fingerprint density at radius 1 is 1.53 bits per heavy atom. The summed E-state index contributed by atoms with van der Waals surface area (Å²) in [5.41, 5.74) is 7.02. The van der Waals surface area contributed by atoms with Gasteiger partial charge in [0, 0.05) is 5.56 Å². The molecule has 6 nitrogen and oxygen atoms in total. The smallest absolute Gasteiger partial charge is 0.340 e. The minimum absolute atomic E-state index is 0.0832. The largest absolute Gasteiger partial charge is 0.465 e. The number of aryl methyl sites for hydroxylation is 1. The lowest BCUT2D eigenvalue weighted by Gasteiger charge is -2.08. The van der Waals surface area contributed by atoms with Gasteiger partial charge in [0.2, 0.25) is 0 Å². The summed E-state index contributed by atoms with van der Waals surface area (Å²) in [6, 6.07) is 1.61. The van der Waals surface area contributed by atoms with Gasteiger partial charge in [0.25, 0.3) is 5.69 Å². The first kappa shape index (κ1) is 11.4. The number of ether oxygens (including phenoxy) is 1. The molecule has 2 rings (SSSR count). The van der Waals surface area contributed by atoms with Gasteiger partial charge in [-0.3, -0.25) is 10.1 Å². The molecule has 90 valence electrons. The summed E-state index contributed by atoms with van der Waals surface area (Å²) in [4.78, 5) is 22.0. The van der Waals surface area contributed by atoms with Crippen LogP contribution in [0.2, 0.25) is 0 Å². The molecule has 0 radical (unpaired) electrons. The first-order valence-corrected chi connectivity index (χ1v) is 5.23. The molecule has 1 aliphatic rings. The van der Waals surface area contributed by atoms with Crippen molar-refractivity contribution in [1.29, 1.82) is 0 Å². The van der Waals surface area contributed by atoms with Gasteiger partial charge >= 0.3 is 5.97 Å². The van der Waals surface area contributed by atoms with Gasteiger partial charge in [-0.05, 0) is 30.9 Å². The third-order valence-electron chi connectivity index (χ3n) is 3.00. The van der Waals surface area contributed by atoms with E-state index in [-0.39, 0.29) is 16.9 Å². The predicted octanol–water partition coefficient (Wildman–Crippen LogP) is 1.45. The van der Waals surface area contributed by atoms with E-state index in [4.69, 9.17) is 5.73 Å². The summed E-state index contributed by atoms with van der Waals surface area (Å²) in [5.74, 6) is -0.639. The predicted molar refractivity (Wildman–Crippen MR) is 60.9 cm³/mol. The van der Waals surface area contributed by atoms with E-state index >= 15 is 0 Å². The Morgan fingerprint density at radius 2 is 2.24 bits per heavy atom.